The zero-order valence-electron chi connectivity index (χ0n) is 35.8. The molecule has 0 aromatic carbocycles. The smallest absolute Gasteiger partial charge is 0.462 e. The third kappa shape index (κ3) is 27.2. The number of phosphoric ester groups is 1. The first-order chi connectivity index (χ1) is 27.9. The topological polar surface area (TPSA) is 210 Å². The van der Waals surface area contributed by atoms with E-state index >= 15 is 0 Å². The quantitative estimate of drug-likeness (QED) is 0.0150. The molecule has 58 heavy (non-hydrogen) atoms. The van der Waals surface area contributed by atoms with Crippen LogP contribution in [0, 0.1) is 0 Å². The van der Waals surface area contributed by atoms with E-state index in [1.165, 1.54) is 83.5 Å². The Bertz CT molecular complexity index is 1120. The number of allylic oxidation sites excluding steroid dienone is 4. The molecule has 1 saturated carbocycles. The number of aliphatic hydroxyl groups excluding tert-OH is 5. The molecule has 0 saturated heterocycles. The number of esters is 2. The molecule has 1 aliphatic rings. The zero-order chi connectivity index (χ0) is 42.9. The molecule has 0 aromatic heterocycles. The molecule has 0 amide bonds. The molecular weight excluding hydrogens is 767 g/mol. The summed E-state index contributed by atoms with van der Waals surface area (Å²) in [4.78, 5) is 35.6. The molecule has 0 radical (unpaired) electrons. The van der Waals surface area contributed by atoms with Crippen molar-refractivity contribution in [2.24, 2.45) is 0 Å². The fourth-order valence-electron chi connectivity index (χ4n) is 6.85. The summed E-state index contributed by atoms with van der Waals surface area (Å²) in [7, 11) is -5.12. The van der Waals surface area contributed by atoms with Crippen molar-refractivity contribution in [3.8, 4) is 0 Å². The van der Waals surface area contributed by atoms with Crippen molar-refractivity contribution in [1.29, 1.82) is 0 Å². The molecule has 6 atom stereocenters. The second kappa shape index (κ2) is 35.0. The van der Waals surface area contributed by atoms with Crippen molar-refractivity contribution in [3.05, 3.63) is 24.3 Å². The third-order valence-electron chi connectivity index (χ3n) is 10.5. The molecule has 0 heterocycles. The number of aliphatic hydroxyl groups is 5. The first kappa shape index (κ1) is 54.3. The minimum atomic E-state index is -5.12. The van der Waals surface area contributed by atoms with Crippen LogP contribution in [-0.4, -0.2) is 98.3 Å². The molecule has 6 unspecified atom stereocenters. The summed E-state index contributed by atoms with van der Waals surface area (Å²) in [5, 5.41) is 50.1. The number of rotatable bonds is 37. The van der Waals surface area contributed by atoms with Crippen molar-refractivity contribution in [2.45, 2.75) is 230 Å². The molecule has 13 nitrogen and oxygen atoms in total. The van der Waals surface area contributed by atoms with Crippen LogP contribution >= 0.6 is 7.82 Å². The second-order valence-corrected chi connectivity index (χ2v) is 17.3. The van der Waals surface area contributed by atoms with Gasteiger partial charge in [-0.05, 0) is 44.9 Å². The zero-order valence-corrected chi connectivity index (χ0v) is 36.7. The Morgan fingerprint density at radius 2 is 0.931 bits per heavy atom. The van der Waals surface area contributed by atoms with Crippen LogP contribution in [0.15, 0.2) is 24.3 Å². The monoisotopic (exact) mass is 849 g/mol. The normalized spacial score (nSPS) is 22.7. The average Bonchev–Trinajstić information content (AvgIpc) is 3.20. The van der Waals surface area contributed by atoms with Gasteiger partial charge >= 0.3 is 19.8 Å². The van der Waals surface area contributed by atoms with Gasteiger partial charge in [0.1, 0.15) is 43.2 Å². The van der Waals surface area contributed by atoms with E-state index in [4.69, 9.17) is 18.5 Å². The lowest BCUT2D eigenvalue weighted by molar-refractivity contribution is -0.220. The molecule has 14 heteroatoms. The average molecular weight is 849 g/mol. The van der Waals surface area contributed by atoms with Gasteiger partial charge < -0.3 is 39.9 Å². The number of carbonyl (C=O) groups excluding carboxylic acids is 2. The number of hydrogen-bond acceptors (Lipinski definition) is 12. The highest BCUT2D eigenvalue weighted by atomic mass is 31.2. The van der Waals surface area contributed by atoms with Crippen LogP contribution in [0.5, 0.6) is 0 Å². The molecule has 0 bridgehead atoms. The first-order valence-corrected chi connectivity index (χ1v) is 24.1. The van der Waals surface area contributed by atoms with E-state index in [0.717, 1.165) is 64.2 Å². The van der Waals surface area contributed by atoms with Crippen LogP contribution in [0.2, 0.25) is 0 Å². The molecule has 1 aliphatic carbocycles. The lowest BCUT2D eigenvalue weighted by Gasteiger charge is -2.41. The highest BCUT2D eigenvalue weighted by Gasteiger charge is 2.51. The van der Waals surface area contributed by atoms with Crippen LogP contribution in [-0.2, 0) is 32.7 Å². The van der Waals surface area contributed by atoms with Crippen LogP contribution in [0.4, 0.5) is 0 Å². The van der Waals surface area contributed by atoms with E-state index in [-0.39, 0.29) is 12.8 Å². The standard InChI is InChI=1S/C44H81O13P/c1-3-5-7-9-11-13-15-17-18-19-21-23-25-27-29-31-33-38(46)56-36(35-55-58(52,53)57-44-42(50)40(48)39(47)41(49)43(44)51)34-54-37(45)32-30-28-26-24-22-20-16-14-12-10-8-6-4-2/h13,15,18-19,36,39-44,47-51H,3-12,14,16-17,20-35H2,1-2H3,(H,52,53)/b15-13-,19-18-. The number of ether oxygens (including phenoxy) is 2. The Morgan fingerprint density at radius 1 is 0.534 bits per heavy atom. The molecule has 0 aliphatic heterocycles. The van der Waals surface area contributed by atoms with Gasteiger partial charge in [-0.2, -0.15) is 0 Å². The summed E-state index contributed by atoms with van der Waals surface area (Å²) in [5.74, 6) is -1.11. The lowest BCUT2D eigenvalue weighted by Crippen LogP contribution is -2.64. The predicted molar refractivity (Wildman–Crippen MR) is 226 cm³/mol. The van der Waals surface area contributed by atoms with Crippen molar-refractivity contribution < 1.29 is 63.1 Å². The fourth-order valence-corrected chi connectivity index (χ4v) is 7.82. The van der Waals surface area contributed by atoms with Crippen molar-refractivity contribution in [3.63, 3.8) is 0 Å². The van der Waals surface area contributed by atoms with E-state index in [1.807, 2.05) is 0 Å². The van der Waals surface area contributed by atoms with Gasteiger partial charge in [0.2, 0.25) is 0 Å². The molecule has 1 rings (SSSR count). The van der Waals surface area contributed by atoms with Crippen molar-refractivity contribution >= 4 is 19.8 Å². The van der Waals surface area contributed by atoms with Crippen LogP contribution < -0.4 is 0 Å². The van der Waals surface area contributed by atoms with Gasteiger partial charge in [-0.15, -0.1) is 0 Å². The summed E-state index contributed by atoms with van der Waals surface area (Å²) >= 11 is 0. The highest BCUT2D eigenvalue weighted by molar-refractivity contribution is 7.47. The summed E-state index contributed by atoms with van der Waals surface area (Å²) in [5.41, 5.74) is 0. The summed E-state index contributed by atoms with van der Waals surface area (Å²) in [6.45, 7) is 3.27. The third-order valence-corrected chi connectivity index (χ3v) is 11.5. The van der Waals surface area contributed by atoms with Crippen LogP contribution in [0.25, 0.3) is 0 Å². The molecule has 6 N–H and O–H groups in total. The minimum absolute atomic E-state index is 0.0833. The Balaban J connectivity index is 2.48. The van der Waals surface area contributed by atoms with Gasteiger partial charge in [0, 0.05) is 12.8 Å². The lowest BCUT2D eigenvalue weighted by atomic mass is 9.85. The number of carbonyl (C=O) groups is 2. The van der Waals surface area contributed by atoms with Gasteiger partial charge in [-0.3, -0.25) is 18.6 Å². The number of hydrogen-bond donors (Lipinski definition) is 6. The summed E-state index contributed by atoms with van der Waals surface area (Å²) < 4.78 is 33.5. The van der Waals surface area contributed by atoms with Gasteiger partial charge in [0.15, 0.2) is 6.10 Å². The van der Waals surface area contributed by atoms with E-state index < -0.39 is 75.7 Å². The summed E-state index contributed by atoms with van der Waals surface area (Å²) in [6.07, 6.45) is 23.7. The maximum absolute atomic E-state index is 12.8. The summed E-state index contributed by atoms with van der Waals surface area (Å²) in [6, 6.07) is 0. The SMILES string of the molecule is CCCCCC/C=C\C/C=C\CCCCCCCC(=O)OC(COC(=O)CCCCCCCCCCCCCCC)COP(=O)(O)OC1C(O)C(O)C(O)C(O)C1O. The molecule has 0 spiro atoms. The predicted octanol–water partition coefficient (Wildman–Crippen LogP) is 8.45. The van der Waals surface area contributed by atoms with Gasteiger partial charge in [0.25, 0.3) is 0 Å². The van der Waals surface area contributed by atoms with Crippen LogP contribution in [0.1, 0.15) is 187 Å². The highest BCUT2D eigenvalue weighted by Crippen LogP contribution is 2.47. The molecule has 0 aromatic rings. The first-order valence-electron chi connectivity index (χ1n) is 22.6. The Kier molecular flexibility index (Phi) is 32.8. The fraction of sp³-hybridized carbons (Fsp3) is 0.864. The second-order valence-electron chi connectivity index (χ2n) is 15.9. The molecule has 1 fully saturated rings. The number of unbranched alkanes of at least 4 members (excludes halogenated alkanes) is 21. The van der Waals surface area contributed by atoms with E-state index in [0.29, 0.717) is 12.8 Å². The Morgan fingerprint density at radius 3 is 1.41 bits per heavy atom. The Hall–Kier alpha value is -1.67. The van der Waals surface area contributed by atoms with E-state index in [9.17, 15) is 44.6 Å². The maximum atomic E-state index is 12.8. The Labute approximate surface area is 349 Å². The molecule has 340 valence electrons. The van der Waals surface area contributed by atoms with Crippen molar-refractivity contribution in [1.82, 2.24) is 0 Å². The van der Waals surface area contributed by atoms with Gasteiger partial charge in [-0.25, -0.2) is 4.57 Å². The molecular formula is C44H81O13P. The minimum Gasteiger partial charge on any atom is -0.462 e. The van der Waals surface area contributed by atoms with E-state index in [1.54, 1.807) is 0 Å². The largest absolute Gasteiger partial charge is 0.472 e. The van der Waals surface area contributed by atoms with Gasteiger partial charge in [-0.1, -0.05) is 154 Å². The number of phosphoric acid groups is 1. The van der Waals surface area contributed by atoms with E-state index in [2.05, 4.69) is 38.2 Å². The van der Waals surface area contributed by atoms with Crippen LogP contribution in [0.3, 0.4) is 0 Å². The van der Waals surface area contributed by atoms with Gasteiger partial charge in [0.05, 0.1) is 6.61 Å². The van der Waals surface area contributed by atoms with Crippen molar-refractivity contribution in [2.75, 3.05) is 13.2 Å². The maximum Gasteiger partial charge on any atom is 0.472 e.